The van der Waals surface area contributed by atoms with Crippen LogP contribution in [0.1, 0.15) is 20.3 Å². The molecule has 0 saturated heterocycles. The zero-order valence-electron chi connectivity index (χ0n) is 12.2. The van der Waals surface area contributed by atoms with E-state index >= 15 is 0 Å². The Morgan fingerprint density at radius 3 is 2.45 bits per heavy atom. The van der Waals surface area contributed by atoms with Crippen molar-refractivity contribution in [2.45, 2.75) is 26.3 Å². The van der Waals surface area contributed by atoms with Crippen LogP contribution in [0.2, 0.25) is 5.02 Å². The molecule has 1 amide bonds. The third-order valence-corrected chi connectivity index (χ3v) is 3.28. The average molecular weight is 301 g/mol. The number of methoxy groups -OCH3 is 2. The van der Waals surface area contributed by atoms with Gasteiger partial charge in [-0.05, 0) is 13.3 Å². The van der Waals surface area contributed by atoms with E-state index in [0.717, 1.165) is 6.42 Å². The highest BCUT2D eigenvalue weighted by atomic mass is 35.5. The van der Waals surface area contributed by atoms with Gasteiger partial charge >= 0.3 is 0 Å². The van der Waals surface area contributed by atoms with Gasteiger partial charge in [0.05, 0.1) is 31.5 Å². The van der Waals surface area contributed by atoms with Crippen LogP contribution in [0, 0.1) is 0 Å². The Labute approximate surface area is 124 Å². The fourth-order valence-electron chi connectivity index (χ4n) is 1.56. The predicted octanol–water partition coefficient (Wildman–Crippen LogP) is 2.68. The second-order valence-electron chi connectivity index (χ2n) is 4.43. The minimum Gasteiger partial charge on any atom is -0.493 e. The monoisotopic (exact) mass is 300 g/mol. The average Bonchev–Trinajstić information content (AvgIpc) is 2.46. The summed E-state index contributed by atoms with van der Waals surface area (Å²) >= 11 is 6.10. The minimum atomic E-state index is -0.153. The fraction of sp³-hybridized carbons (Fsp3) is 0.500. The normalized spacial score (nSPS) is 11.8. The first kappa shape index (κ1) is 16.6. The lowest BCUT2D eigenvalue weighted by Crippen LogP contribution is -2.34. The van der Waals surface area contributed by atoms with Gasteiger partial charge < -0.3 is 20.1 Å². The first-order valence-electron chi connectivity index (χ1n) is 6.46. The first-order valence-corrected chi connectivity index (χ1v) is 6.84. The van der Waals surface area contributed by atoms with E-state index in [2.05, 4.69) is 17.6 Å². The van der Waals surface area contributed by atoms with Gasteiger partial charge in [-0.15, -0.1) is 0 Å². The Morgan fingerprint density at radius 1 is 1.30 bits per heavy atom. The van der Waals surface area contributed by atoms with Gasteiger partial charge in [-0.1, -0.05) is 18.5 Å². The zero-order valence-corrected chi connectivity index (χ0v) is 13.0. The smallest absolute Gasteiger partial charge is 0.238 e. The third kappa shape index (κ3) is 4.58. The van der Waals surface area contributed by atoms with Gasteiger partial charge in [-0.3, -0.25) is 4.79 Å². The summed E-state index contributed by atoms with van der Waals surface area (Å²) in [7, 11) is 3.06. The van der Waals surface area contributed by atoms with Crippen LogP contribution in [-0.2, 0) is 4.79 Å². The predicted molar refractivity (Wildman–Crippen MR) is 80.9 cm³/mol. The maximum atomic E-state index is 11.8. The van der Waals surface area contributed by atoms with Crippen LogP contribution in [-0.4, -0.2) is 32.7 Å². The summed E-state index contributed by atoms with van der Waals surface area (Å²) in [4.78, 5) is 11.8. The number of amides is 1. The van der Waals surface area contributed by atoms with Crippen LogP contribution < -0.4 is 20.1 Å². The number of nitrogens with one attached hydrogen (secondary N) is 2. The van der Waals surface area contributed by atoms with E-state index in [1.807, 2.05) is 6.92 Å². The Bertz CT molecular complexity index is 466. The standard InChI is InChI=1S/C14H21ClN2O3/c1-5-9(2)16-8-14(18)17-11-7-13(20-4)12(19-3)6-10(11)15/h6-7,9,16H,5,8H2,1-4H3,(H,17,18). The molecule has 0 fully saturated rings. The highest BCUT2D eigenvalue weighted by molar-refractivity contribution is 6.34. The van der Waals surface area contributed by atoms with Crippen LogP contribution in [0.25, 0.3) is 0 Å². The molecular weight excluding hydrogens is 280 g/mol. The SMILES string of the molecule is CCC(C)NCC(=O)Nc1cc(OC)c(OC)cc1Cl. The van der Waals surface area contributed by atoms with Crippen LogP contribution in [0.3, 0.4) is 0 Å². The molecule has 1 aromatic carbocycles. The van der Waals surface area contributed by atoms with E-state index in [1.165, 1.54) is 14.2 Å². The molecule has 0 aliphatic heterocycles. The second-order valence-corrected chi connectivity index (χ2v) is 4.83. The van der Waals surface area contributed by atoms with Crippen molar-refractivity contribution >= 4 is 23.2 Å². The van der Waals surface area contributed by atoms with Gasteiger partial charge in [0.15, 0.2) is 11.5 Å². The van der Waals surface area contributed by atoms with Crippen molar-refractivity contribution in [1.29, 1.82) is 0 Å². The van der Waals surface area contributed by atoms with Crippen LogP contribution >= 0.6 is 11.6 Å². The van der Waals surface area contributed by atoms with Gasteiger partial charge in [-0.25, -0.2) is 0 Å². The molecule has 0 aromatic heterocycles. The number of hydrogen-bond donors (Lipinski definition) is 2. The number of hydrogen-bond acceptors (Lipinski definition) is 4. The summed E-state index contributed by atoms with van der Waals surface area (Å²) in [6.45, 7) is 4.32. The van der Waals surface area contributed by atoms with Crippen molar-refractivity contribution in [2.24, 2.45) is 0 Å². The van der Waals surface area contributed by atoms with Crippen LogP contribution in [0.4, 0.5) is 5.69 Å². The summed E-state index contributed by atoms with van der Waals surface area (Å²) in [5.41, 5.74) is 0.500. The molecule has 1 unspecified atom stereocenters. The van der Waals surface area contributed by atoms with Gasteiger partial charge in [0.1, 0.15) is 0 Å². The van der Waals surface area contributed by atoms with Gasteiger partial charge in [0.2, 0.25) is 5.91 Å². The third-order valence-electron chi connectivity index (χ3n) is 2.97. The van der Waals surface area contributed by atoms with Crippen LogP contribution in [0.15, 0.2) is 12.1 Å². The molecule has 0 radical (unpaired) electrons. The molecule has 0 spiro atoms. The molecule has 0 aliphatic rings. The molecule has 5 nitrogen and oxygen atoms in total. The van der Waals surface area contributed by atoms with Crippen molar-refractivity contribution in [3.05, 3.63) is 17.2 Å². The van der Waals surface area contributed by atoms with Crippen molar-refractivity contribution in [2.75, 3.05) is 26.1 Å². The number of ether oxygens (including phenoxy) is 2. The summed E-state index contributed by atoms with van der Waals surface area (Å²) in [6, 6.07) is 3.54. The van der Waals surface area contributed by atoms with E-state index in [-0.39, 0.29) is 12.5 Å². The second kappa shape index (κ2) is 7.97. The largest absolute Gasteiger partial charge is 0.493 e. The zero-order chi connectivity index (χ0) is 15.1. The highest BCUT2D eigenvalue weighted by Gasteiger charge is 2.12. The molecule has 1 rings (SSSR count). The molecule has 6 heteroatoms. The van der Waals surface area contributed by atoms with Crippen molar-refractivity contribution in [3.63, 3.8) is 0 Å². The van der Waals surface area contributed by atoms with Crippen molar-refractivity contribution in [1.82, 2.24) is 5.32 Å². The maximum Gasteiger partial charge on any atom is 0.238 e. The molecule has 2 N–H and O–H groups in total. The lowest BCUT2D eigenvalue weighted by molar-refractivity contribution is -0.115. The van der Waals surface area contributed by atoms with E-state index in [0.29, 0.717) is 28.3 Å². The van der Waals surface area contributed by atoms with Crippen molar-refractivity contribution in [3.8, 4) is 11.5 Å². The molecule has 0 heterocycles. The topological polar surface area (TPSA) is 59.6 Å². The first-order chi connectivity index (χ1) is 9.51. The lowest BCUT2D eigenvalue weighted by atomic mass is 10.2. The van der Waals surface area contributed by atoms with Gasteiger partial charge in [0.25, 0.3) is 0 Å². The molecule has 0 bridgehead atoms. The number of halogens is 1. The lowest BCUT2D eigenvalue weighted by Gasteiger charge is -2.14. The Kier molecular flexibility index (Phi) is 6.61. The molecule has 0 aliphatic carbocycles. The number of carbonyl (C=O) groups excluding carboxylic acids is 1. The molecule has 20 heavy (non-hydrogen) atoms. The Morgan fingerprint density at radius 2 is 1.90 bits per heavy atom. The van der Waals surface area contributed by atoms with Crippen LogP contribution in [0.5, 0.6) is 11.5 Å². The van der Waals surface area contributed by atoms with E-state index in [4.69, 9.17) is 21.1 Å². The summed E-state index contributed by atoms with van der Waals surface area (Å²) < 4.78 is 10.3. The van der Waals surface area contributed by atoms with Gasteiger partial charge in [-0.2, -0.15) is 0 Å². The molecule has 1 atom stereocenters. The number of anilines is 1. The summed E-state index contributed by atoms with van der Waals surface area (Å²) in [5.74, 6) is 0.884. The van der Waals surface area contributed by atoms with E-state index < -0.39 is 0 Å². The number of carbonyl (C=O) groups is 1. The molecular formula is C14H21ClN2O3. The summed E-state index contributed by atoms with van der Waals surface area (Å²) in [6.07, 6.45) is 0.963. The van der Waals surface area contributed by atoms with E-state index in [9.17, 15) is 4.79 Å². The Hall–Kier alpha value is -1.46. The molecule has 0 saturated carbocycles. The molecule has 1 aromatic rings. The van der Waals surface area contributed by atoms with Crippen molar-refractivity contribution < 1.29 is 14.3 Å². The Balaban J connectivity index is 2.74. The van der Waals surface area contributed by atoms with E-state index in [1.54, 1.807) is 12.1 Å². The minimum absolute atomic E-state index is 0.153. The van der Waals surface area contributed by atoms with Gasteiger partial charge in [0, 0.05) is 18.2 Å². The quantitative estimate of drug-likeness (QED) is 0.813. The highest BCUT2D eigenvalue weighted by Crippen LogP contribution is 2.35. The molecule has 112 valence electrons. The summed E-state index contributed by atoms with van der Waals surface area (Å²) in [5, 5.41) is 6.26. The maximum absolute atomic E-state index is 11.8. The number of rotatable bonds is 7. The number of benzene rings is 1. The fourth-order valence-corrected chi connectivity index (χ4v) is 1.76.